The van der Waals surface area contributed by atoms with E-state index in [2.05, 4.69) is 5.32 Å². The van der Waals surface area contributed by atoms with Gasteiger partial charge < -0.3 is 5.11 Å². The van der Waals surface area contributed by atoms with Gasteiger partial charge >= 0.3 is 5.97 Å². The zero-order valence-electron chi connectivity index (χ0n) is 12.1. The molecule has 0 spiro atoms. The Labute approximate surface area is 121 Å². The minimum atomic E-state index is -3.36. The molecule has 0 bridgehead atoms. The largest absolute Gasteiger partial charge is 0.480 e. The smallest absolute Gasteiger partial charge is 0.325 e. The lowest BCUT2D eigenvalue weighted by atomic mass is 9.94. The molecule has 2 aliphatic rings. The summed E-state index contributed by atoms with van der Waals surface area (Å²) >= 11 is 0. The Kier molecular flexibility index (Phi) is 4.74. The number of rotatable bonds is 4. The second-order valence-electron chi connectivity index (χ2n) is 6.32. The van der Waals surface area contributed by atoms with E-state index in [-0.39, 0.29) is 6.04 Å². The van der Waals surface area contributed by atoms with Gasteiger partial charge in [0.25, 0.3) is 0 Å². The predicted molar refractivity (Wildman–Crippen MR) is 77.5 cm³/mol. The molecule has 0 aromatic rings. The summed E-state index contributed by atoms with van der Waals surface area (Å²) in [4.78, 5) is 11.8. The van der Waals surface area contributed by atoms with Crippen molar-refractivity contribution in [3.63, 3.8) is 0 Å². The maximum Gasteiger partial charge on any atom is 0.325 e. The Morgan fingerprint density at radius 3 is 2.20 bits per heavy atom. The standard InChI is InChI=1S/C14H25NO4S/c1-20(18,19)12-9-6-10-14(12,13(16)17)15-11-7-4-2-3-5-8-11/h11-12,15H,2-10H2,1H3,(H,16,17). The van der Waals surface area contributed by atoms with Gasteiger partial charge in [0.1, 0.15) is 5.54 Å². The highest BCUT2D eigenvalue weighted by Gasteiger charge is 2.54. The third-order valence-corrected chi connectivity index (χ3v) is 6.47. The number of carboxylic acids is 1. The summed E-state index contributed by atoms with van der Waals surface area (Å²) in [6.07, 6.45) is 9.15. The summed E-state index contributed by atoms with van der Waals surface area (Å²) in [5.41, 5.74) is -1.28. The fourth-order valence-electron chi connectivity index (χ4n) is 3.81. The molecule has 116 valence electrons. The van der Waals surface area contributed by atoms with E-state index in [4.69, 9.17) is 0 Å². The molecule has 2 rings (SSSR count). The first-order valence-electron chi connectivity index (χ1n) is 7.56. The molecule has 0 heterocycles. The molecule has 0 aromatic carbocycles. The summed E-state index contributed by atoms with van der Waals surface area (Å²) in [7, 11) is -3.36. The summed E-state index contributed by atoms with van der Waals surface area (Å²) < 4.78 is 23.9. The normalized spacial score (nSPS) is 33.0. The van der Waals surface area contributed by atoms with Crippen molar-refractivity contribution in [2.24, 2.45) is 0 Å². The maximum atomic E-state index is 12.0. The predicted octanol–water partition coefficient (Wildman–Crippen LogP) is 1.72. The van der Waals surface area contributed by atoms with Crippen LogP contribution in [0, 0.1) is 0 Å². The lowest BCUT2D eigenvalue weighted by Gasteiger charge is -2.35. The van der Waals surface area contributed by atoms with E-state index in [9.17, 15) is 18.3 Å². The van der Waals surface area contributed by atoms with Crippen LogP contribution in [0.5, 0.6) is 0 Å². The molecule has 0 radical (unpaired) electrons. The van der Waals surface area contributed by atoms with Crippen molar-refractivity contribution in [2.45, 2.75) is 74.6 Å². The van der Waals surface area contributed by atoms with Crippen LogP contribution in [0.4, 0.5) is 0 Å². The number of sulfone groups is 1. The molecule has 2 fully saturated rings. The summed E-state index contributed by atoms with van der Waals surface area (Å²) in [6, 6.07) is 0.135. The van der Waals surface area contributed by atoms with Crippen molar-refractivity contribution < 1.29 is 18.3 Å². The van der Waals surface area contributed by atoms with Crippen LogP contribution in [0.25, 0.3) is 0 Å². The van der Waals surface area contributed by atoms with Gasteiger partial charge in [0.15, 0.2) is 9.84 Å². The van der Waals surface area contributed by atoms with Crippen LogP contribution < -0.4 is 5.32 Å². The molecule has 2 N–H and O–H groups in total. The molecular weight excluding hydrogens is 278 g/mol. The fraction of sp³-hybridized carbons (Fsp3) is 0.929. The van der Waals surface area contributed by atoms with Crippen LogP contribution in [0.15, 0.2) is 0 Å². The number of hydrogen-bond donors (Lipinski definition) is 2. The Morgan fingerprint density at radius 1 is 1.10 bits per heavy atom. The zero-order valence-corrected chi connectivity index (χ0v) is 12.9. The molecule has 0 amide bonds. The first kappa shape index (κ1) is 15.8. The molecule has 2 unspecified atom stereocenters. The molecule has 2 aliphatic carbocycles. The average Bonchev–Trinajstić information content (AvgIpc) is 2.62. The Bertz CT molecular complexity index is 454. The average molecular weight is 303 g/mol. The van der Waals surface area contributed by atoms with E-state index in [0.29, 0.717) is 19.3 Å². The monoisotopic (exact) mass is 303 g/mol. The minimum absolute atomic E-state index is 0.135. The van der Waals surface area contributed by atoms with Gasteiger partial charge in [-0.15, -0.1) is 0 Å². The first-order valence-corrected chi connectivity index (χ1v) is 9.52. The Morgan fingerprint density at radius 2 is 1.70 bits per heavy atom. The van der Waals surface area contributed by atoms with Crippen LogP contribution >= 0.6 is 0 Å². The molecule has 2 saturated carbocycles. The molecule has 0 saturated heterocycles. The second kappa shape index (κ2) is 6.02. The van der Waals surface area contributed by atoms with E-state index in [1.807, 2.05) is 0 Å². The number of hydrogen-bond acceptors (Lipinski definition) is 4. The molecule has 6 heteroatoms. The highest BCUT2D eigenvalue weighted by atomic mass is 32.2. The van der Waals surface area contributed by atoms with Gasteiger partial charge in [-0.05, 0) is 32.1 Å². The highest BCUT2D eigenvalue weighted by molar-refractivity contribution is 7.91. The van der Waals surface area contributed by atoms with Crippen LogP contribution in [0.3, 0.4) is 0 Å². The van der Waals surface area contributed by atoms with E-state index in [0.717, 1.165) is 31.9 Å². The molecule has 2 atom stereocenters. The van der Waals surface area contributed by atoms with Gasteiger partial charge in [-0.25, -0.2) is 8.42 Å². The van der Waals surface area contributed by atoms with E-state index in [1.54, 1.807) is 0 Å². The number of aliphatic carboxylic acids is 1. The van der Waals surface area contributed by atoms with E-state index >= 15 is 0 Å². The van der Waals surface area contributed by atoms with Crippen LogP contribution in [0.1, 0.15) is 57.8 Å². The van der Waals surface area contributed by atoms with Gasteiger partial charge in [0.05, 0.1) is 5.25 Å². The van der Waals surface area contributed by atoms with Crippen molar-refractivity contribution >= 4 is 15.8 Å². The third-order valence-electron chi connectivity index (χ3n) is 4.80. The Balaban J connectivity index is 2.23. The van der Waals surface area contributed by atoms with Gasteiger partial charge in [-0.2, -0.15) is 0 Å². The number of carboxylic acid groups (broad SMARTS) is 1. The SMILES string of the molecule is CS(=O)(=O)C1CCCC1(NC1CCCCCC1)C(=O)O. The molecule has 5 nitrogen and oxygen atoms in total. The minimum Gasteiger partial charge on any atom is -0.480 e. The summed E-state index contributed by atoms with van der Waals surface area (Å²) in [5.74, 6) is -1.00. The Hall–Kier alpha value is -0.620. The zero-order chi connectivity index (χ0) is 14.8. The van der Waals surface area contributed by atoms with Crippen LogP contribution in [-0.4, -0.2) is 42.6 Å². The maximum absolute atomic E-state index is 12.0. The number of carbonyl (C=O) groups is 1. The van der Waals surface area contributed by atoms with Crippen molar-refractivity contribution in [2.75, 3.05) is 6.26 Å². The van der Waals surface area contributed by atoms with Crippen molar-refractivity contribution in [3.8, 4) is 0 Å². The first-order chi connectivity index (χ1) is 9.36. The highest BCUT2D eigenvalue weighted by Crippen LogP contribution is 2.36. The molecule has 0 aromatic heterocycles. The topological polar surface area (TPSA) is 83.5 Å². The van der Waals surface area contributed by atoms with Crippen LogP contribution in [-0.2, 0) is 14.6 Å². The second-order valence-corrected chi connectivity index (χ2v) is 8.55. The summed E-state index contributed by atoms with van der Waals surface area (Å²) in [6.45, 7) is 0. The quantitative estimate of drug-likeness (QED) is 0.773. The van der Waals surface area contributed by atoms with Gasteiger partial charge in [-0.3, -0.25) is 10.1 Å². The van der Waals surface area contributed by atoms with Crippen molar-refractivity contribution in [1.29, 1.82) is 0 Å². The molecule has 0 aliphatic heterocycles. The van der Waals surface area contributed by atoms with E-state index in [1.165, 1.54) is 12.8 Å². The molecular formula is C14H25NO4S. The fourth-order valence-corrected chi connectivity index (χ4v) is 5.43. The summed E-state index contributed by atoms with van der Waals surface area (Å²) in [5, 5.41) is 12.1. The van der Waals surface area contributed by atoms with Gasteiger partial charge in [0, 0.05) is 12.3 Å². The van der Waals surface area contributed by atoms with Crippen LogP contribution in [0.2, 0.25) is 0 Å². The van der Waals surface area contributed by atoms with Gasteiger partial charge in [0.2, 0.25) is 0 Å². The third kappa shape index (κ3) is 3.17. The lowest BCUT2D eigenvalue weighted by Crippen LogP contribution is -2.62. The van der Waals surface area contributed by atoms with Crippen molar-refractivity contribution in [3.05, 3.63) is 0 Å². The van der Waals surface area contributed by atoms with Crippen molar-refractivity contribution in [1.82, 2.24) is 5.32 Å². The number of nitrogens with one attached hydrogen (secondary N) is 1. The van der Waals surface area contributed by atoms with E-state index < -0.39 is 26.6 Å². The lowest BCUT2D eigenvalue weighted by molar-refractivity contribution is -0.145. The van der Waals surface area contributed by atoms with Gasteiger partial charge in [-0.1, -0.05) is 25.7 Å². The molecule has 20 heavy (non-hydrogen) atoms.